The minimum Gasteiger partial charge on any atom is -0.444 e. The van der Waals surface area contributed by atoms with E-state index in [4.69, 9.17) is 8.83 Å². The standard InChI is InChI=1S/C13H16BrN3O2/c14-11-6-5-10(18-11)13-16-15-12(19-13)9-17-7-3-1-2-4-8-17/h5-6H,1-4,7-9H2. The molecule has 0 bridgehead atoms. The van der Waals surface area contributed by atoms with Crippen molar-refractivity contribution < 1.29 is 8.83 Å². The minimum absolute atomic E-state index is 0.440. The van der Waals surface area contributed by atoms with E-state index in [0.29, 0.717) is 22.2 Å². The first-order valence-corrected chi connectivity index (χ1v) is 7.41. The van der Waals surface area contributed by atoms with E-state index >= 15 is 0 Å². The summed E-state index contributed by atoms with van der Waals surface area (Å²) < 4.78 is 11.7. The van der Waals surface area contributed by atoms with Gasteiger partial charge in [-0.2, -0.15) is 0 Å². The number of rotatable bonds is 3. The van der Waals surface area contributed by atoms with E-state index in [-0.39, 0.29) is 0 Å². The normalized spacial score (nSPS) is 17.5. The van der Waals surface area contributed by atoms with Gasteiger partial charge >= 0.3 is 0 Å². The monoisotopic (exact) mass is 325 g/mol. The van der Waals surface area contributed by atoms with Gasteiger partial charge in [0.2, 0.25) is 5.89 Å². The Hall–Kier alpha value is -1.14. The molecule has 1 aliphatic heterocycles. The first-order chi connectivity index (χ1) is 9.31. The summed E-state index contributed by atoms with van der Waals surface area (Å²) in [6.45, 7) is 2.96. The van der Waals surface area contributed by atoms with Gasteiger partial charge in [-0.05, 0) is 54.0 Å². The van der Waals surface area contributed by atoms with Crippen molar-refractivity contribution in [1.82, 2.24) is 15.1 Å². The Labute approximate surface area is 120 Å². The molecule has 3 heterocycles. The molecule has 0 radical (unpaired) electrons. The van der Waals surface area contributed by atoms with Crippen molar-refractivity contribution in [3.05, 3.63) is 22.7 Å². The van der Waals surface area contributed by atoms with Crippen LogP contribution in [0.2, 0.25) is 0 Å². The lowest BCUT2D eigenvalue weighted by Crippen LogP contribution is -2.24. The Morgan fingerprint density at radius 2 is 1.84 bits per heavy atom. The van der Waals surface area contributed by atoms with Crippen molar-refractivity contribution in [2.45, 2.75) is 32.2 Å². The summed E-state index contributed by atoms with van der Waals surface area (Å²) in [6.07, 6.45) is 5.16. The van der Waals surface area contributed by atoms with Gasteiger partial charge in [-0.3, -0.25) is 4.90 Å². The molecule has 0 N–H and O–H groups in total. The highest BCUT2D eigenvalue weighted by molar-refractivity contribution is 9.10. The number of halogens is 1. The molecule has 2 aromatic rings. The molecule has 19 heavy (non-hydrogen) atoms. The van der Waals surface area contributed by atoms with Crippen LogP contribution in [-0.4, -0.2) is 28.2 Å². The highest BCUT2D eigenvalue weighted by Crippen LogP contribution is 2.24. The summed E-state index contributed by atoms with van der Waals surface area (Å²) in [5.41, 5.74) is 0. The zero-order chi connectivity index (χ0) is 13.1. The fraction of sp³-hybridized carbons (Fsp3) is 0.538. The van der Waals surface area contributed by atoms with E-state index in [9.17, 15) is 0 Å². The maximum atomic E-state index is 5.65. The van der Waals surface area contributed by atoms with Crippen LogP contribution in [-0.2, 0) is 6.54 Å². The Bertz CT molecular complexity index is 529. The average molecular weight is 326 g/mol. The van der Waals surface area contributed by atoms with Crippen LogP contribution in [0.15, 0.2) is 25.6 Å². The van der Waals surface area contributed by atoms with Gasteiger partial charge in [-0.1, -0.05) is 12.8 Å². The van der Waals surface area contributed by atoms with Crippen LogP contribution in [0, 0.1) is 0 Å². The summed E-state index contributed by atoms with van der Waals surface area (Å²) in [4.78, 5) is 2.38. The molecule has 0 aromatic carbocycles. The summed E-state index contributed by atoms with van der Waals surface area (Å²) in [5, 5.41) is 8.12. The summed E-state index contributed by atoms with van der Waals surface area (Å²) in [6, 6.07) is 3.63. The quantitative estimate of drug-likeness (QED) is 0.864. The molecule has 0 atom stereocenters. The van der Waals surface area contributed by atoms with Crippen LogP contribution in [0.4, 0.5) is 0 Å². The second-order valence-corrected chi connectivity index (χ2v) is 5.58. The van der Waals surface area contributed by atoms with Crippen molar-refractivity contribution in [3.8, 4) is 11.7 Å². The van der Waals surface area contributed by atoms with E-state index in [1.807, 2.05) is 12.1 Å². The van der Waals surface area contributed by atoms with Crippen LogP contribution in [0.25, 0.3) is 11.7 Å². The highest BCUT2D eigenvalue weighted by atomic mass is 79.9. The third-order valence-corrected chi connectivity index (χ3v) is 3.73. The second kappa shape index (κ2) is 5.88. The molecule has 0 aliphatic carbocycles. The van der Waals surface area contributed by atoms with E-state index < -0.39 is 0 Å². The fourth-order valence-electron chi connectivity index (χ4n) is 2.33. The topological polar surface area (TPSA) is 55.3 Å². The van der Waals surface area contributed by atoms with Crippen molar-refractivity contribution in [2.75, 3.05) is 13.1 Å². The van der Waals surface area contributed by atoms with E-state index in [0.717, 1.165) is 19.6 Å². The van der Waals surface area contributed by atoms with Crippen LogP contribution < -0.4 is 0 Å². The predicted octanol–water partition coefficient (Wildman–Crippen LogP) is 3.47. The zero-order valence-corrected chi connectivity index (χ0v) is 12.2. The molecule has 0 unspecified atom stereocenters. The molecule has 1 aliphatic rings. The van der Waals surface area contributed by atoms with Gasteiger partial charge in [-0.15, -0.1) is 10.2 Å². The molecular formula is C13H16BrN3O2. The number of aromatic nitrogens is 2. The highest BCUT2D eigenvalue weighted by Gasteiger charge is 2.16. The Morgan fingerprint density at radius 1 is 1.05 bits per heavy atom. The molecule has 102 valence electrons. The fourth-order valence-corrected chi connectivity index (χ4v) is 2.64. The summed E-state index contributed by atoms with van der Waals surface area (Å²) >= 11 is 3.26. The maximum absolute atomic E-state index is 5.65. The molecule has 6 heteroatoms. The van der Waals surface area contributed by atoms with Crippen LogP contribution >= 0.6 is 15.9 Å². The van der Waals surface area contributed by atoms with E-state index in [1.165, 1.54) is 25.7 Å². The molecule has 0 saturated carbocycles. The van der Waals surface area contributed by atoms with Gasteiger partial charge in [0.1, 0.15) is 0 Å². The van der Waals surface area contributed by atoms with Crippen molar-refractivity contribution in [1.29, 1.82) is 0 Å². The van der Waals surface area contributed by atoms with E-state index in [2.05, 4.69) is 31.0 Å². The average Bonchev–Trinajstić information content (AvgIpc) is 2.94. The van der Waals surface area contributed by atoms with Crippen LogP contribution in [0.3, 0.4) is 0 Å². The second-order valence-electron chi connectivity index (χ2n) is 4.80. The lowest BCUT2D eigenvalue weighted by atomic mass is 10.2. The first kappa shape index (κ1) is 12.9. The van der Waals surface area contributed by atoms with Crippen molar-refractivity contribution >= 4 is 15.9 Å². The Morgan fingerprint density at radius 3 is 2.53 bits per heavy atom. The van der Waals surface area contributed by atoms with Crippen LogP contribution in [0.5, 0.6) is 0 Å². The maximum Gasteiger partial charge on any atom is 0.283 e. The molecule has 0 amide bonds. The molecule has 1 fully saturated rings. The largest absolute Gasteiger partial charge is 0.444 e. The Kier molecular flexibility index (Phi) is 3.98. The third kappa shape index (κ3) is 3.25. The smallest absolute Gasteiger partial charge is 0.283 e. The number of furan rings is 1. The summed E-state index contributed by atoms with van der Waals surface area (Å²) in [7, 11) is 0. The van der Waals surface area contributed by atoms with Crippen LogP contribution in [0.1, 0.15) is 31.6 Å². The zero-order valence-electron chi connectivity index (χ0n) is 10.6. The number of likely N-dealkylation sites (tertiary alicyclic amines) is 1. The molecule has 1 saturated heterocycles. The van der Waals surface area contributed by atoms with Gasteiger partial charge < -0.3 is 8.83 Å². The SMILES string of the molecule is Brc1ccc(-c2nnc(CN3CCCCCC3)o2)o1. The molecule has 0 spiro atoms. The molecule has 3 rings (SSSR count). The van der Waals surface area contributed by atoms with Gasteiger partial charge in [0.25, 0.3) is 5.89 Å². The lowest BCUT2D eigenvalue weighted by Gasteiger charge is -2.16. The molecule has 5 nitrogen and oxygen atoms in total. The molecular weight excluding hydrogens is 310 g/mol. The minimum atomic E-state index is 0.440. The van der Waals surface area contributed by atoms with E-state index in [1.54, 1.807) is 0 Å². The molecule has 2 aromatic heterocycles. The van der Waals surface area contributed by atoms with Gasteiger partial charge in [-0.25, -0.2) is 0 Å². The van der Waals surface area contributed by atoms with Gasteiger partial charge in [0.15, 0.2) is 10.4 Å². The lowest BCUT2D eigenvalue weighted by molar-refractivity contribution is 0.248. The Balaban J connectivity index is 1.67. The van der Waals surface area contributed by atoms with Crippen molar-refractivity contribution in [3.63, 3.8) is 0 Å². The number of hydrogen-bond acceptors (Lipinski definition) is 5. The summed E-state index contributed by atoms with van der Waals surface area (Å²) in [5.74, 6) is 1.70. The van der Waals surface area contributed by atoms with Crippen molar-refractivity contribution in [2.24, 2.45) is 0 Å². The number of nitrogens with zero attached hydrogens (tertiary/aromatic N) is 3. The van der Waals surface area contributed by atoms with Gasteiger partial charge in [0.05, 0.1) is 6.54 Å². The predicted molar refractivity (Wildman–Crippen MR) is 73.4 cm³/mol. The number of hydrogen-bond donors (Lipinski definition) is 0. The van der Waals surface area contributed by atoms with Gasteiger partial charge in [0, 0.05) is 0 Å². The first-order valence-electron chi connectivity index (χ1n) is 6.62. The third-order valence-electron chi connectivity index (χ3n) is 3.31.